The Morgan fingerprint density at radius 2 is 2.14 bits per heavy atom. The standard InChI is InChI=1S/C15H28N4O2/c1-3-6-13(19-10-8-16-9-11-19)15-17-14(21-18-15)7-5-12-20-4-2/h13,16H,3-12H2,1-2H3. The Balaban J connectivity index is 1.91. The Morgan fingerprint density at radius 1 is 1.33 bits per heavy atom. The van der Waals surface area contributed by atoms with Gasteiger partial charge in [-0.05, 0) is 19.8 Å². The van der Waals surface area contributed by atoms with Crippen LogP contribution in [-0.4, -0.2) is 54.4 Å². The van der Waals surface area contributed by atoms with E-state index < -0.39 is 0 Å². The summed E-state index contributed by atoms with van der Waals surface area (Å²) in [4.78, 5) is 7.07. The number of aromatic nitrogens is 2. The maximum atomic E-state index is 5.40. The summed E-state index contributed by atoms with van der Waals surface area (Å²) >= 11 is 0. The third-order valence-electron chi connectivity index (χ3n) is 3.82. The molecule has 0 bridgehead atoms. The zero-order chi connectivity index (χ0) is 14.9. The number of nitrogens with one attached hydrogen (secondary N) is 1. The van der Waals surface area contributed by atoms with Crippen LogP contribution in [0.5, 0.6) is 0 Å². The van der Waals surface area contributed by atoms with Crippen LogP contribution in [0.3, 0.4) is 0 Å². The van der Waals surface area contributed by atoms with E-state index in [1.54, 1.807) is 0 Å². The highest BCUT2D eigenvalue weighted by molar-refractivity contribution is 4.96. The lowest BCUT2D eigenvalue weighted by molar-refractivity contribution is 0.143. The molecule has 0 saturated carbocycles. The van der Waals surface area contributed by atoms with E-state index >= 15 is 0 Å². The van der Waals surface area contributed by atoms with Gasteiger partial charge >= 0.3 is 0 Å². The van der Waals surface area contributed by atoms with Gasteiger partial charge < -0.3 is 14.6 Å². The van der Waals surface area contributed by atoms with E-state index in [0.717, 1.165) is 76.8 Å². The third kappa shape index (κ3) is 5.05. The molecule has 1 N–H and O–H groups in total. The first kappa shape index (κ1) is 16.4. The van der Waals surface area contributed by atoms with Gasteiger partial charge in [0.15, 0.2) is 5.82 Å². The SMILES string of the molecule is CCCC(c1noc(CCCOCC)n1)N1CCNCC1. The molecule has 1 aliphatic rings. The van der Waals surface area contributed by atoms with Crippen molar-refractivity contribution in [2.45, 2.75) is 45.6 Å². The van der Waals surface area contributed by atoms with E-state index in [0.29, 0.717) is 6.04 Å². The Labute approximate surface area is 127 Å². The molecule has 1 atom stereocenters. The highest BCUT2D eigenvalue weighted by Gasteiger charge is 2.25. The number of hydrogen-bond acceptors (Lipinski definition) is 6. The molecule has 0 aliphatic carbocycles. The fourth-order valence-corrected chi connectivity index (χ4v) is 2.72. The predicted octanol–water partition coefficient (Wildman–Crippen LogP) is 1.79. The topological polar surface area (TPSA) is 63.4 Å². The zero-order valence-corrected chi connectivity index (χ0v) is 13.3. The zero-order valence-electron chi connectivity index (χ0n) is 13.3. The molecule has 2 heterocycles. The van der Waals surface area contributed by atoms with Crippen molar-refractivity contribution >= 4 is 0 Å². The molecule has 1 unspecified atom stereocenters. The van der Waals surface area contributed by atoms with Gasteiger partial charge in [0.1, 0.15) is 0 Å². The molecule has 120 valence electrons. The van der Waals surface area contributed by atoms with Gasteiger partial charge in [-0.15, -0.1) is 0 Å². The minimum Gasteiger partial charge on any atom is -0.382 e. The lowest BCUT2D eigenvalue weighted by atomic mass is 10.1. The van der Waals surface area contributed by atoms with Crippen molar-refractivity contribution in [2.24, 2.45) is 0 Å². The fraction of sp³-hybridized carbons (Fsp3) is 0.867. The van der Waals surface area contributed by atoms with Crippen LogP contribution in [0.25, 0.3) is 0 Å². The Kier molecular flexibility index (Phi) is 7.12. The summed E-state index contributed by atoms with van der Waals surface area (Å²) in [6, 6.07) is 0.293. The summed E-state index contributed by atoms with van der Waals surface area (Å²) in [7, 11) is 0. The van der Waals surface area contributed by atoms with Crippen LogP contribution in [0.15, 0.2) is 4.52 Å². The molecule has 1 aromatic rings. The molecule has 1 fully saturated rings. The molecule has 6 nitrogen and oxygen atoms in total. The van der Waals surface area contributed by atoms with Crippen molar-refractivity contribution in [1.82, 2.24) is 20.4 Å². The monoisotopic (exact) mass is 296 g/mol. The van der Waals surface area contributed by atoms with Gasteiger partial charge in [-0.25, -0.2) is 0 Å². The van der Waals surface area contributed by atoms with E-state index in [-0.39, 0.29) is 0 Å². The summed E-state index contributed by atoms with van der Waals surface area (Å²) < 4.78 is 10.7. The lowest BCUT2D eigenvalue weighted by Gasteiger charge is -2.33. The second-order valence-electron chi connectivity index (χ2n) is 5.44. The van der Waals surface area contributed by atoms with Gasteiger partial charge in [0.2, 0.25) is 5.89 Å². The van der Waals surface area contributed by atoms with Gasteiger partial charge in [0.05, 0.1) is 6.04 Å². The minimum atomic E-state index is 0.293. The van der Waals surface area contributed by atoms with Crippen molar-refractivity contribution in [2.75, 3.05) is 39.4 Å². The van der Waals surface area contributed by atoms with Gasteiger partial charge in [0, 0.05) is 45.8 Å². The van der Waals surface area contributed by atoms with Crippen LogP contribution in [0.1, 0.15) is 50.9 Å². The number of nitrogens with zero attached hydrogens (tertiary/aromatic N) is 3. The minimum absolute atomic E-state index is 0.293. The number of rotatable bonds is 9. The molecule has 21 heavy (non-hydrogen) atoms. The maximum absolute atomic E-state index is 5.40. The summed E-state index contributed by atoms with van der Waals surface area (Å²) in [5.41, 5.74) is 0. The number of hydrogen-bond donors (Lipinski definition) is 1. The maximum Gasteiger partial charge on any atom is 0.226 e. The second-order valence-corrected chi connectivity index (χ2v) is 5.44. The van der Waals surface area contributed by atoms with Crippen molar-refractivity contribution in [3.63, 3.8) is 0 Å². The lowest BCUT2D eigenvalue weighted by Crippen LogP contribution is -2.45. The quantitative estimate of drug-likeness (QED) is 0.701. The molecular weight excluding hydrogens is 268 g/mol. The molecule has 0 aromatic carbocycles. The van der Waals surface area contributed by atoms with Gasteiger partial charge in [-0.3, -0.25) is 4.90 Å². The summed E-state index contributed by atoms with van der Waals surface area (Å²) in [6.07, 6.45) is 3.94. The van der Waals surface area contributed by atoms with Crippen molar-refractivity contribution in [3.05, 3.63) is 11.7 Å². The summed E-state index contributed by atoms with van der Waals surface area (Å²) in [6.45, 7) is 9.92. The molecule has 1 aliphatic heterocycles. The van der Waals surface area contributed by atoms with E-state index in [4.69, 9.17) is 9.26 Å². The number of aryl methyl sites for hydroxylation is 1. The van der Waals surface area contributed by atoms with E-state index in [9.17, 15) is 0 Å². The van der Waals surface area contributed by atoms with Gasteiger partial charge in [-0.2, -0.15) is 4.98 Å². The van der Waals surface area contributed by atoms with Crippen molar-refractivity contribution < 1.29 is 9.26 Å². The van der Waals surface area contributed by atoms with Gasteiger partial charge in [-0.1, -0.05) is 18.5 Å². The molecule has 0 spiro atoms. The van der Waals surface area contributed by atoms with E-state index in [2.05, 4.69) is 27.3 Å². The van der Waals surface area contributed by atoms with E-state index in [1.165, 1.54) is 0 Å². The highest BCUT2D eigenvalue weighted by atomic mass is 16.5. The average Bonchev–Trinajstić information content (AvgIpc) is 2.98. The Bertz CT molecular complexity index is 391. The first-order valence-corrected chi connectivity index (χ1v) is 8.20. The Hall–Kier alpha value is -0.980. The van der Waals surface area contributed by atoms with Crippen LogP contribution in [0, 0.1) is 0 Å². The molecule has 0 radical (unpaired) electrons. The van der Waals surface area contributed by atoms with Crippen molar-refractivity contribution in [1.29, 1.82) is 0 Å². The average molecular weight is 296 g/mol. The first-order valence-electron chi connectivity index (χ1n) is 8.20. The normalized spacial score (nSPS) is 18.0. The molecular formula is C15H28N4O2. The van der Waals surface area contributed by atoms with Crippen LogP contribution >= 0.6 is 0 Å². The van der Waals surface area contributed by atoms with E-state index in [1.807, 2.05) is 6.92 Å². The molecule has 0 amide bonds. The molecule has 6 heteroatoms. The van der Waals surface area contributed by atoms with Crippen LogP contribution in [0.4, 0.5) is 0 Å². The van der Waals surface area contributed by atoms with Crippen LogP contribution in [0.2, 0.25) is 0 Å². The number of piperazine rings is 1. The summed E-state index contributed by atoms with van der Waals surface area (Å²) in [5.74, 6) is 1.59. The highest BCUT2D eigenvalue weighted by Crippen LogP contribution is 2.23. The number of ether oxygens (including phenoxy) is 1. The third-order valence-corrected chi connectivity index (χ3v) is 3.82. The predicted molar refractivity (Wildman–Crippen MR) is 81.2 cm³/mol. The summed E-state index contributed by atoms with van der Waals surface area (Å²) in [5, 5.41) is 7.61. The van der Waals surface area contributed by atoms with Crippen LogP contribution in [-0.2, 0) is 11.2 Å². The first-order chi connectivity index (χ1) is 10.3. The largest absolute Gasteiger partial charge is 0.382 e. The van der Waals surface area contributed by atoms with Gasteiger partial charge in [0.25, 0.3) is 0 Å². The van der Waals surface area contributed by atoms with Crippen LogP contribution < -0.4 is 5.32 Å². The second kappa shape index (κ2) is 9.12. The van der Waals surface area contributed by atoms with Crippen molar-refractivity contribution in [3.8, 4) is 0 Å². The Morgan fingerprint density at radius 3 is 2.86 bits per heavy atom. The molecule has 1 aromatic heterocycles. The molecule has 2 rings (SSSR count). The smallest absolute Gasteiger partial charge is 0.226 e. The molecule has 1 saturated heterocycles. The fourth-order valence-electron chi connectivity index (χ4n) is 2.72.